The topological polar surface area (TPSA) is 13.1 Å². The predicted octanol–water partition coefficient (Wildman–Crippen LogP) is 12.0. The van der Waals surface area contributed by atoms with E-state index in [1.807, 2.05) is 0 Å². The summed E-state index contributed by atoms with van der Waals surface area (Å²) in [4.78, 5) is 0. The molecule has 0 aliphatic rings. The Bertz CT molecular complexity index is 2440. The van der Waals surface area contributed by atoms with Crippen molar-refractivity contribution in [2.75, 3.05) is 0 Å². The molecule has 0 saturated carbocycles. The van der Waals surface area contributed by atoms with Gasteiger partial charge in [0.2, 0.25) is 0 Å². The van der Waals surface area contributed by atoms with E-state index in [-0.39, 0.29) is 0 Å². The maximum Gasteiger partial charge on any atom is 0.136 e. The van der Waals surface area contributed by atoms with Gasteiger partial charge in [0.25, 0.3) is 0 Å². The molecule has 0 atom stereocenters. The number of hydrogen-bond donors (Lipinski definition) is 0. The summed E-state index contributed by atoms with van der Waals surface area (Å²) in [6.07, 6.45) is 0. The molecule has 200 valence electrons. The Balaban J connectivity index is 1.45. The van der Waals surface area contributed by atoms with Gasteiger partial charge in [0, 0.05) is 10.8 Å². The molecule has 0 spiro atoms. The van der Waals surface area contributed by atoms with Crippen molar-refractivity contribution in [1.82, 2.24) is 0 Å². The van der Waals surface area contributed by atoms with Crippen LogP contribution in [0.4, 0.5) is 0 Å². The van der Waals surface area contributed by atoms with Gasteiger partial charge in [0.05, 0.1) is 0 Å². The molecule has 0 amide bonds. The zero-order chi connectivity index (χ0) is 28.3. The number of benzene rings is 8. The highest BCUT2D eigenvalue weighted by Gasteiger charge is 2.22. The largest absolute Gasteiger partial charge is 0.456 e. The highest BCUT2D eigenvalue weighted by Crippen LogP contribution is 2.48. The lowest BCUT2D eigenvalue weighted by Gasteiger charge is -2.20. The van der Waals surface area contributed by atoms with Crippen LogP contribution in [0.5, 0.6) is 0 Å². The van der Waals surface area contributed by atoms with Gasteiger partial charge in [-0.1, -0.05) is 146 Å². The summed E-state index contributed by atoms with van der Waals surface area (Å²) in [5, 5.41) is 9.74. The molecule has 0 aliphatic heterocycles. The SMILES string of the molecule is c1ccc(-c2ccccc2-c2c3ccccc3c(-c3cccc4oc5ccc6ccccc6c5c34)c3ccccc23)cc1. The third-order valence-electron chi connectivity index (χ3n) is 8.87. The van der Waals surface area contributed by atoms with Crippen LogP contribution in [0.3, 0.4) is 0 Å². The molecule has 8 aromatic carbocycles. The summed E-state index contributed by atoms with van der Waals surface area (Å²) in [7, 11) is 0. The van der Waals surface area contributed by atoms with E-state index in [1.54, 1.807) is 0 Å². The first-order valence-corrected chi connectivity index (χ1v) is 14.8. The number of hydrogen-bond acceptors (Lipinski definition) is 1. The number of fused-ring (bicyclic) bond motifs is 7. The molecule has 0 aliphatic carbocycles. The Morgan fingerprint density at radius 2 is 0.814 bits per heavy atom. The molecule has 1 aromatic heterocycles. The molecule has 1 heterocycles. The van der Waals surface area contributed by atoms with Crippen LogP contribution in [0.15, 0.2) is 162 Å². The Morgan fingerprint density at radius 3 is 1.51 bits per heavy atom. The molecular weight excluding hydrogens is 520 g/mol. The van der Waals surface area contributed by atoms with Crippen LogP contribution in [-0.2, 0) is 0 Å². The maximum atomic E-state index is 6.50. The van der Waals surface area contributed by atoms with Crippen LogP contribution in [0.1, 0.15) is 0 Å². The van der Waals surface area contributed by atoms with E-state index in [4.69, 9.17) is 4.42 Å². The fourth-order valence-corrected chi connectivity index (χ4v) is 7.07. The summed E-state index contributed by atoms with van der Waals surface area (Å²) in [6, 6.07) is 56.7. The van der Waals surface area contributed by atoms with Gasteiger partial charge in [-0.3, -0.25) is 0 Å². The molecule has 0 bridgehead atoms. The third kappa shape index (κ3) is 3.58. The van der Waals surface area contributed by atoms with Crippen molar-refractivity contribution in [3.05, 3.63) is 158 Å². The second kappa shape index (κ2) is 9.44. The summed E-state index contributed by atoms with van der Waals surface area (Å²) in [6.45, 7) is 0. The molecule has 1 heteroatoms. The molecule has 1 nitrogen and oxygen atoms in total. The molecule has 0 saturated heterocycles. The van der Waals surface area contributed by atoms with Crippen LogP contribution in [0, 0.1) is 0 Å². The monoisotopic (exact) mass is 546 g/mol. The Hall–Kier alpha value is -5.66. The zero-order valence-corrected chi connectivity index (χ0v) is 23.4. The molecular formula is C42H26O. The first-order chi connectivity index (χ1) is 21.4. The van der Waals surface area contributed by atoms with Gasteiger partial charge < -0.3 is 4.42 Å². The maximum absolute atomic E-state index is 6.50. The van der Waals surface area contributed by atoms with Gasteiger partial charge in [0.1, 0.15) is 11.2 Å². The van der Waals surface area contributed by atoms with Crippen LogP contribution in [0.2, 0.25) is 0 Å². The third-order valence-corrected chi connectivity index (χ3v) is 8.87. The quantitative estimate of drug-likeness (QED) is 0.201. The van der Waals surface area contributed by atoms with E-state index in [2.05, 4.69) is 158 Å². The van der Waals surface area contributed by atoms with Crippen molar-refractivity contribution < 1.29 is 4.42 Å². The highest BCUT2D eigenvalue weighted by atomic mass is 16.3. The van der Waals surface area contributed by atoms with Gasteiger partial charge in [-0.05, 0) is 77.8 Å². The van der Waals surface area contributed by atoms with Gasteiger partial charge >= 0.3 is 0 Å². The standard InChI is InChI=1S/C42H26O/c1-2-13-27(14-3-1)29-16-6-7-18-31(29)39-32-19-8-10-21-34(32)40(35-22-11-9-20-33(35)39)36-23-12-24-37-42(36)41-30-17-5-4-15-28(30)25-26-38(41)43-37/h1-26H. The van der Waals surface area contributed by atoms with E-state index < -0.39 is 0 Å². The van der Waals surface area contributed by atoms with Gasteiger partial charge in [0.15, 0.2) is 0 Å². The molecule has 9 aromatic rings. The van der Waals surface area contributed by atoms with Crippen molar-refractivity contribution in [3.8, 4) is 33.4 Å². The average molecular weight is 547 g/mol. The summed E-state index contributed by atoms with van der Waals surface area (Å²) >= 11 is 0. The Labute approximate surface area is 249 Å². The second-order valence-corrected chi connectivity index (χ2v) is 11.2. The van der Waals surface area contributed by atoms with Crippen LogP contribution < -0.4 is 0 Å². The fraction of sp³-hybridized carbons (Fsp3) is 0. The molecule has 43 heavy (non-hydrogen) atoms. The first kappa shape index (κ1) is 24.0. The summed E-state index contributed by atoms with van der Waals surface area (Å²) in [5.74, 6) is 0. The van der Waals surface area contributed by atoms with Crippen LogP contribution >= 0.6 is 0 Å². The zero-order valence-electron chi connectivity index (χ0n) is 23.4. The van der Waals surface area contributed by atoms with Gasteiger partial charge in [-0.2, -0.15) is 0 Å². The molecule has 0 radical (unpaired) electrons. The van der Waals surface area contributed by atoms with E-state index >= 15 is 0 Å². The predicted molar refractivity (Wildman–Crippen MR) is 183 cm³/mol. The average Bonchev–Trinajstić information content (AvgIpc) is 3.47. The Kier molecular flexibility index (Phi) is 5.27. The lowest BCUT2D eigenvalue weighted by molar-refractivity contribution is 0.669. The van der Waals surface area contributed by atoms with Crippen molar-refractivity contribution in [3.63, 3.8) is 0 Å². The summed E-state index contributed by atoms with van der Waals surface area (Å²) < 4.78 is 6.50. The van der Waals surface area contributed by atoms with Crippen molar-refractivity contribution in [1.29, 1.82) is 0 Å². The minimum Gasteiger partial charge on any atom is -0.456 e. The lowest BCUT2D eigenvalue weighted by atomic mass is 9.83. The second-order valence-electron chi connectivity index (χ2n) is 11.2. The lowest BCUT2D eigenvalue weighted by Crippen LogP contribution is -1.93. The minimum atomic E-state index is 0.913. The van der Waals surface area contributed by atoms with Gasteiger partial charge in [-0.15, -0.1) is 0 Å². The van der Waals surface area contributed by atoms with E-state index in [9.17, 15) is 0 Å². The van der Waals surface area contributed by atoms with Crippen molar-refractivity contribution in [2.24, 2.45) is 0 Å². The molecule has 9 rings (SSSR count). The van der Waals surface area contributed by atoms with Crippen molar-refractivity contribution in [2.45, 2.75) is 0 Å². The van der Waals surface area contributed by atoms with Gasteiger partial charge in [-0.25, -0.2) is 0 Å². The van der Waals surface area contributed by atoms with Crippen LogP contribution in [0.25, 0.3) is 87.6 Å². The normalized spacial score (nSPS) is 11.7. The number of furan rings is 1. The number of rotatable bonds is 3. The summed E-state index contributed by atoms with van der Waals surface area (Å²) in [5.41, 5.74) is 9.24. The van der Waals surface area contributed by atoms with Crippen molar-refractivity contribution >= 4 is 54.3 Å². The van der Waals surface area contributed by atoms with E-state index in [1.165, 1.54) is 76.5 Å². The van der Waals surface area contributed by atoms with E-state index in [0.717, 1.165) is 11.2 Å². The fourth-order valence-electron chi connectivity index (χ4n) is 7.07. The minimum absolute atomic E-state index is 0.913. The highest BCUT2D eigenvalue weighted by molar-refractivity contribution is 6.28. The van der Waals surface area contributed by atoms with Crippen LogP contribution in [-0.4, -0.2) is 0 Å². The smallest absolute Gasteiger partial charge is 0.136 e. The first-order valence-electron chi connectivity index (χ1n) is 14.8. The Morgan fingerprint density at radius 1 is 0.302 bits per heavy atom. The molecule has 0 unspecified atom stereocenters. The molecule has 0 N–H and O–H groups in total. The van der Waals surface area contributed by atoms with E-state index in [0.29, 0.717) is 0 Å². The molecule has 0 fully saturated rings.